The minimum absolute atomic E-state index is 0.0374. The highest BCUT2D eigenvalue weighted by molar-refractivity contribution is 7.89. The van der Waals surface area contributed by atoms with Crippen LogP contribution in [0, 0.1) is 0 Å². The van der Waals surface area contributed by atoms with Crippen molar-refractivity contribution in [2.75, 3.05) is 11.1 Å². The first kappa shape index (κ1) is 25.1. The van der Waals surface area contributed by atoms with E-state index < -0.39 is 10.0 Å². The number of carbonyl (C=O) groups excluding carboxylic acids is 1. The zero-order valence-electron chi connectivity index (χ0n) is 20.6. The summed E-state index contributed by atoms with van der Waals surface area (Å²) in [5.74, 6) is 0.0668. The second-order valence-corrected chi connectivity index (χ2v) is 10.4. The van der Waals surface area contributed by atoms with Gasteiger partial charge < -0.3 is 11.1 Å². The number of nitrogens with two attached hydrogens (primary N) is 2. The van der Waals surface area contributed by atoms with Crippen LogP contribution in [0.25, 0.3) is 27.6 Å². The quantitative estimate of drug-likeness (QED) is 0.284. The normalized spacial score (nSPS) is 11.5. The molecule has 0 saturated heterocycles. The molecule has 38 heavy (non-hydrogen) atoms. The smallest absolute Gasteiger partial charge is 0.274 e. The molecule has 192 valence electrons. The fourth-order valence-corrected chi connectivity index (χ4v) is 5.12. The fraction of sp³-hybridized carbons (Fsp3) is 0.107. The Morgan fingerprint density at radius 1 is 1.00 bits per heavy atom. The van der Waals surface area contributed by atoms with E-state index in [0.29, 0.717) is 34.0 Å². The second kappa shape index (κ2) is 10.1. The van der Waals surface area contributed by atoms with E-state index in [1.165, 1.54) is 6.07 Å². The van der Waals surface area contributed by atoms with Crippen LogP contribution in [-0.4, -0.2) is 29.1 Å². The molecule has 0 unspecified atom stereocenters. The maximum Gasteiger partial charge on any atom is 0.274 e. The van der Waals surface area contributed by atoms with E-state index in [0.717, 1.165) is 29.3 Å². The fourth-order valence-electron chi connectivity index (χ4n) is 4.36. The van der Waals surface area contributed by atoms with Crippen molar-refractivity contribution < 1.29 is 13.2 Å². The molecular formula is C28H26N6O3S. The van der Waals surface area contributed by atoms with Gasteiger partial charge in [0.15, 0.2) is 0 Å². The second-order valence-electron chi connectivity index (χ2n) is 8.86. The molecule has 3 aromatic carbocycles. The number of anilines is 2. The molecule has 0 bridgehead atoms. The van der Waals surface area contributed by atoms with Crippen molar-refractivity contribution in [1.29, 1.82) is 0 Å². The Morgan fingerprint density at radius 2 is 1.76 bits per heavy atom. The van der Waals surface area contributed by atoms with Gasteiger partial charge in [0.05, 0.1) is 16.3 Å². The summed E-state index contributed by atoms with van der Waals surface area (Å²) in [6, 6.07) is 22.7. The van der Waals surface area contributed by atoms with Crippen molar-refractivity contribution in [3.05, 3.63) is 96.4 Å². The standard InChI is InChI=1S/C28H26N6O3S/c1-2-5-21-16-25(34(33-21)22-13-10-19-14-15-31-27(29)24(19)17-22)28(35)32-20-11-8-18(9-12-20)23-6-3-4-7-26(23)38(30,36)37/h3-4,6-17H,2,5H2,1H3,(H2,29,31)(H,32,35)(H2,30,36,37). The minimum atomic E-state index is -3.89. The van der Waals surface area contributed by atoms with Crippen LogP contribution < -0.4 is 16.2 Å². The van der Waals surface area contributed by atoms with Crippen LogP contribution in [0.1, 0.15) is 29.5 Å². The molecule has 0 atom stereocenters. The van der Waals surface area contributed by atoms with Gasteiger partial charge in [-0.1, -0.05) is 49.7 Å². The number of nitrogen functional groups attached to an aromatic ring is 1. The molecule has 9 nitrogen and oxygen atoms in total. The topological polar surface area (TPSA) is 146 Å². The van der Waals surface area contributed by atoms with Gasteiger partial charge in [0.25, 0.3) is 5.91 Å². The number of carbonyl (C=O) groups is 1. The molecule has 2 aromatic heterocycles. The Balaban J connectivity index is 1.46. The van der Waals surface area contributed by atoms with Crippen LogP contribution in [0.15, 0.2) is 90.0 Å². The molecule has 0 saturated carbocycles. The van der Waals surface area contributed by atoms with E-state index in [-0.39, 0.29) is 10.8 Å². The first-order chi connectivity index (χ1) is 18.2. The maximum atomic E-state index is 13.4. The van der Waals surface area contributed by atoms with Crippen molar-refractivity contribution >= 4 is 38.2 Å². The van der Waals surface area contributed by atoms with Crippen LogP contribution in [0.5, 0.6) is 0 Å². The van der Waals surface area contributed by atoms with E-state index in [9.17, 15) is 13.2 Å². The van der Waals surface area contributed by atoms with Gasteiger partial charge in [0, 0.05) is 22.8 Å². The van der Waals surface area contributed by atoms with E-state index in [2.05, 4.69) is 22.3 Å². The predicted molar refractivity (Wildman–Crippen MR) is 148 cm³/mol. The van der Waals surface area contributed by atoms with Crippen molar-refractivity contribution in [3.63, 3.8) is 0 Å². The molecule has 10 heteroatoms. The highest BCUT2D eigenvalue weighted by Crippen LogP contribution is 2.28. The number of hydrogen-bond donors (Lipinski definition) is 3. The van der Waals surface area contributed by atoms with Gasteiger partial charge in [-0.2, -0.15) is 5.10 Å². The van der Waals surface area contributed by atoms with Gasteiger partial charge in [0.1, 0.15) is 11.5 Å². The SMILES string of the molecule is CCCc1cc(C(=O)Nc2ccc(-c3ccccc3S(N)(=O)=O)cc2)n(-c2ccc3ccnc(N)c3c2)n1. The molecule has 0 spiro atoms. The molecule has 0 aliphatic carbocycles. The molecule has 5 aromatic rings. The first-order valence-electron chi connectivity index (χ1n) is 12.0. The van der Waals surface area contributed by atoms with E-state index in [1.807, 2.05) is 24.3 Å². The predicted octanol–water partition coefficient (Wildman–Crippen LogP) is 4.52. The third kappa shape index (κ3) is 4.99. The molecule has 0 fully saturated rings. The number of aryl methyl sites for hydroxylation is 1. The number of aromatic nitrogens is 3. The number of primary sulfonamides is 1. The Morgan fingerprint density at radius 3 is 2.50 bits per heavy atom. The summed E-state index contributed by atoms with van der Waals surface area (Å²) in [6.45, 7) is 2.05. The van der Waals surface area contributed by atoms with Gasteiger partial charge in [-0.15, -0.1) is 0 Å². The summed E-state index contributed by atoms with van der Waals surface area (Å²) >= 11 is 0. The lowest BCUT2D eigenvalue weighted by Gasteiger charge is -2.11. The molecular weight excluding hydrogens is 500 g/mol. The summed E-state index contributed by atoms with van der Waals surface area (Å²) in [5, 5.41) is 14.7. The van der Waals surface area contributed by atoms with Crippen LogP contribution in [0.3, 0.4) is 0 Å². The lowest BCUT2D eigenvalue weighted by Crippen LogP contribution is -2.17. The number of nitrogens with zero attached hydrogens (tertiary/aromatic N) is 3. The number of benzene rings is 3. The zero-order valence-corrected chi connectivity index (χ0v) is 21.4. The minimum Gasteiger partial charge on any atom is -0.383 e. The Hall–Kier alpha value is -4.54. The van der Waals surface area contributed by atoms with Crippen molar-refractivity contribution in [3.8, 4) is 16.8 Å². The highest BCUT2D eigenvalue weighted by atomic mass is 32.2. The number of nitrogens with one attached hydrogen (secondary N) is 1. The van der Waals surface area contributed by atoms with Gasteiger partial charge in [0.2, 0.25) is 10.0 Å². The molecule has 1 amide bonds. The summed E-state index contributed by atoms with van der Waals surface area (Å²) < 4.78 is 25.6. The third-order valence-corrected chi connectivity index (χ3v) is 7.14. The van der Waals surface area contributed by atoms with Crippen LogP contribution in [0.4, 0.5) is 11.5 Å². The molecule has 5 rings (SSSR count). The van der Waals surface area contributed by atoms with Gasteiger partial charge in [-0.3, -0.25) is 4.79 Å². The van der Waals surface area contributed by atoms with Gasteiger partial charge in [-0.25, -0.2) is 23.2 Å². The number of amides is 1. The van der Waals surface area contributed by atoms with Crippen LogP contribution in [0.2, 0.25) is 0 Å². The average Bonchev–Trinajstić information content (AvgIpc) is 3.33. The summed E-state index contributed by atoms with van der Waals surface area (Å²) in [5.41, 5.74) is 9.64. The Kier molecular flexibility index (Phi) is 6.66. The van der Waals surface area contributed by atoms with Gasteiger partial charge >= 0.3 is 0 Å². The molecule has 5 N–H and O–H groups in total. The lowest BCUT2D eigenvalue weighted by atomic mass is 10.1. The molecule has 0 radical (unpaired) electrons. The highest BCUT2D eigenvalue weighted by Gasteiger charge is 2.18. The summed E-state index contributed by atoms with van der Waals surface area (Å²) in [7, 11) is -3.89. The number of pyridine rings is 1. The van der Waals surface area contributed by atoms with Crippen molar-refractivity contribution in [2.45, 2.75) is 24.7 Å². The van der Waals surface area contributed by atoms with E-state index in [4.69, 9.17) is 10.9 Å². The summed E-state index contributed by atoms with van der Waals surface area (Å²) in [4.78, 5) is 17.6. The zero-order chi connectivity index (χ0) is 26.9. The van der Waals surface area contributed by atoms with E-state index in [1.54, 1.807) is 59.4 Å². The Labute approximate surface area is 220 Å². The van der Waals surface area contributed by atoms with Crippen LogP contribution in [-0.2, 0) is 16.4 Å². The lowest BCUT2D eigenvalue weighted by molar-refractivity contribution is 0.101. The number of fused-ring (bicyclic) bond motifs is 1. The van der Waals surface area contributed by atoms with Crippen molar-refractivity contribution in [2.24, 2.45) is 5.14 Å². The first-order valence-corrected chi connectivity index (χ1v) is 13.6. The summed E-state index contributed by atoms with van der Waals surface area (Å²) in [6.07, 6.45) is 3.26. The Bertz CT molecular complexity index is 1760. The largest absolute Gasteiger partial charge is 0.383 e. The van der Waals surface area contributed by atoms with Gasteiger partial charge in [-0.05, 0) is 59.8 Å². The number of sulfonamides is 1. The monoisotopic (exact) mass is 526 g/mol. The van der Waals surface area contributed by atoms with E-state index >= 15 is 0 Å². The number of rotatable bonds is 7. The number of hydrogen-bond acceptors (Lipinski definition) is 6. The average molecular weight is 527 g/mol. The van der Waals surface area contributed by atoms with Crippen molar-refractivity contribution in [1.82, 2.24) is 14.8 Å². The third-order valence-electron chi connectivity index (χ3n) is 6.17. The van der Waals surface area contributed by atoms with Crippen LogP contribution >= 0.6 is 0 Å². The molecule has 0 aliphatic heterocycles. The molecule has 2 heterocycles. The maximum absolute atomic E-state index is 13.4. The molecule has 0 aliphatic rings.